The molecule has 0 aliphatic rings. The average Bonchev–Trinajstić information content (AvgIpc) is 3.27. The summed E-state index contributed by atoms with van der Waals surface area (Å²) in [5.74, 6) is 0.0480. The third kappa shape index (κ3) is 5.33. The van der Waals surface area contributed by atoms with Gasteiger partial charge in [0.25, 0.3) is 0 Å². The molecule has 32 heavy (non-hydrogen) atoms. The molecule has 1 heterocycles. The van der Waals surface area contributed by atoms with Crippen molar-refractivity contribution in [3.63, 3.8) is 0 Å². The van der Waals surface area contributed by atoms with Crippen LogP contribution in [0.3, 0.4) is 0 Å². The molecule has 0 atom stereocenters. The van der Waals surface area contributed by atoms with Crippen LogP contribution < -0.4 is 5.32 Å². The van der Waals surface area contributed by atoms with E-state index in [2.05, 4.69) is 67.7 Å². The zero-order chi connectivity index (χ0) is 22.3. The summed E-state index contributed by atoms with van der Waals surface area (Å²) in [6, 6.07) is 26.8. The van der Waals surface area contributed by atoms with Gasteiger partial charge in [-0.25, -0.2) is 4.68 Å². The second-order valence-corrected chi connectivity index (χ2v) is 8.10. The van der Waals surface area contributed by atoms with Gasteiger partial charge in [0.15, 0.2) is 0 Å². The number of nitrogens with zero attached hydrogens (tertiary/aromatic N) is 2. The number of benzene rings is 3. The maximum atomic E-state index is 12.5. The number of carbonyl (C=O) groups is 1. The normalized spacial score (nSPS) is 10.8. The molecule has 1 N–H and O–H groups in total. The summed E-state index contributed by atoms with van der Waals surface area (Å²) in [7, 11) is 0. The fourth-order valence-corrected chi connectivity index (χ4v) is 3.69. The van der Waals surface area contributed by atoms with Crippen LogP contribution in [0.15, 0.2) is 85.1 Å². The van der Waals surface area contributed by atoms with E-state index in [0.29, 0.717) is 19.4 Å². The van der Waals surface area contributed by atoms with Crippen molar-refractivity contribution in [2.45, 2.75) is 39.7 Å². The highest BCUT2D eigenvalue weighted by molar-refractivity contribution is 5.76. The molecule has 0 fully saturated rings. The number of rotatable bonds is 8. The number of carbonyl (C=O) groups excluding carboxylic acids is 1. The molecule has 162 valence electrons. The molecule has 0 bridgehead atoms. The summed E-state index contributed by atoms with van der Waals surface area (Å²) in [5.41, 5.74) is 7.71. The van der Waals surface area contributed by atoms with E-state index >= 15 is 0 Å². The Morgan fingerprint density at radius 3 is 2.28 bits per heavy atom. The lowest BCUT2D eigenvalue weighted by Crippen LogP contribution is -2.23. The number of aryl methyl sites for hydroxylation is 3. The Balaban J connectivity index is 1.47. The standard InChI is InChI=1S/C28H29N3O/c1-3-22-11-13-23(14-12-22)19-29-27(32)18-17-25-20-31(26-7-5-4-6-8-26)30-28(25)24-15-9-21(2)10-16-24/h4-16,20H,3,17-19H2,1-2H3,(H,29,32). The molecule has 4 nitrogen and oxygen atoms in total. The van der Waals surface area contributed by atoms with Crippen LogP contribution in [0.2, 0.25) is 0 Å². The number of hydrogen-bond donors (Lipinski definition) is 1. The summed E-state index contributed by atoms with van der Waals surface area (Å²) < 4.78 is 1.90. The second kappa shape index (κ2) is 10.1. The molecule has 0 saturated heterocycles. The van der Waals surface area contributed by atoms with Gasteiger partial charge in [0, 0.05) is 24.7 Å². The van der Waals surface area contributed by atoms with E-state index in [-0.39, 0.29) is 5.91 Å². The van der Waals surface area contributed by atoms with Gasteiger partial charge in [-0.3, -0.25) is 4.79 Å². The predicted octanol–water partition coefficient (Wildman–Crippen LogP) is 5.66. The summed E-state index contributed by atoms with van der Waals surface area (Å²) >= 11 is 0. The minimum Gasteiger partial charge on any atom is -0.352 e. The first kappa shape index (κ1) is 21.6. The molecule has 0 radical (unpaired) electrons. The van der Waals surface area contributed by atoms with Crippen molar-refractivity contribution in [3.8, 4) is 16.9 Å². The van der Waals surface area contributed by atoms with Crippen LogP contribution in [-0.2, 0) is 24.2 Å². The largest absolute Gasteiger partial charge is 0.352 e. The minimum absolute atomic E-state index is 0.0480. The monoisotopic (exact) mass is 423 g/mol. The number of nitrogens with one attached hydrogen (secondary N) is 1. The number of aromatic nitrogens is 2. The van der Waals surface area contributed by atoms with Crippen molar-refractivity contribution >= 4 is 5.91 Å². The molecule has 3 aromatic carbocycles. The first-order valence-electron chi connectivity index (χ1n) is 11.2. The van der Waals surface area contributed by atoms with Gasteiger partial charge in [-0.1, -0.05) is 79.2 Å². The molecular weight excluding hydrogens is 394 g/mol. The van der Waals surface area contributed by atoms with Crippen LogP contribution in [0.4, 0.5) is 0 Å². The number of hydrogen-bond acceptors (Lipinski definition) is 2. The topological polar surface area (TPSA) is 46.9 Å². The van der Waals surface area contributed by atoms with Crippen molar-refractivity contribution in [2.24, 2.45) is 0 Å². The highest BCUT2D eigenvalue weighted by Crippen LogP contribution is 2.25. The molecule has 1 amide bonds. The second-order valence-electron chi connectivity index (χ2n) is 8.10. The predicted molar refractivity (Wildman–Crippen MR) is 130 cm³/mol. The Morgan fingerprint density at radius 2 is 1.59 bits per heavy atom. The fourth-order valence-electron chi connectivity index (χ4n) is 3.69. The molecule has 0 saturated carbocycles. The van der Waals surface area contributed by atoms with Gasteiger partial charge in [-0.05, 0) is 48.6 Å². The molecule has 0 aliphatic heterocycles. The molecule has 4 rings (SSSR count). The lowest BCUT2D eigenvalue weighted by atomic mass is 10.0. The Bertz CT molecular complexity index is 1160. The van der Waals surface area contributed by atoms with Crippen molar-refractivity contribution in [2.75, 3.05) is 0 Å². The van der Waals surface area contributed by atoms with Gasteiger partial charge in [0.2, 0.25) is 5.91 Å². The average molecular weight is 424 g/mol. The van der Waals surface area contributed by atoms with E-state index in [4.69, 9.17) is 5.10 Å². The van der Waals surface area contributed by atoms with E-state index in [0.717, 1.165) is 34.5 Å². The van der Waals surface area contributed by atoms with Crippen molar-refractivity contribution < 1.29 is 4.79 Å². The number of para-hydroxylation sites is 1. The van der Waals surface area contributed by atoms with E-state index in [1.807, 2.05) is 41.2 Å². The molecule has 4 aromatic rings. The minimum atomic E-state index is 0.0480. The summed E-state index contributed by atoms with van der Waals surface area (Å²) in [5, 5.41) is 7.90. The molecule has 0 unspecified atom stereocenters. The molecule has 0 spiro atoms. The number of amides is 1. The Morgan fingerprint density at radius 1 is 0.906 bits per heavy atom. The van der Waals surface area contributed by atoms with E-state index in [9.17, 15) is 4.79 Å². The maximum Gasteiger partial charge on any atom is 0.220 e. The van der Waals surface area contributed by atoms with Crippen LogP contribution in [0.5, 0.6) is 0 Å². The van der Waals surface area contributed by atoms with Crippen LogP contribution in [0.25, 0.3) is 16.9 Å². The molecule has 0 aliphatic carbocycles. The van der Waals surface area contributed by atoms with Crippen molar-refractivity contribution in [1.29, 1.82) is 0 Å². The van der Waals surface area contributed by atoms with E-state index in [1.54, 1.807) is 0 Å². The van der Waals surface area contributed by atoms with Gasteiger partial charge >= 0.3 is 0 Å². The third-order valence-corrected chi connectivity index (χ3v) is 5.68. The Hall–Kier alpha value is -3.66. The highest BCUT2D eigenvalue weighted by atomic mass is 16.1. The summed E-state index contributed by atoms with van der Waals surface area (Å²) in [6.07, 6.45) is 4.12. The van der Waals surface area contributed by atoms with Gasteiger partial charge in [0.05, 0.1) is 11.4 Å². The van der Waals surface area contributed by atoms with Gasteiger partial charge in [-0.15, -0.1) is 0 Å². The molecular formula is C28H29N3O. The zero-order valence-corrected chi connectivity index (χ0v) is 18.7. The Kier molecular flexibility index (Phi) is 6.81. The van der Waals surface area contributed by atoms with E-state index in [1.165, 1.54) is 11.1 Å². The van der Waals surface area contributed by atoms with Crippen molar-refractivity contribution in [1.82, 2.24) is 15.1 Å². The quantitative estimate of drug-likeness (QED) is 0.397. The van der Waals surface area contributed by atoms with Crippen LogP contribution in [0.1, 0.15) is 35.6 Å². The van der Waals surface area contributed by atoms with Crippen LogP contribution >= 0.6 is 0 Å². The smallest absolute Gasteiger partial charge is 0.220 e. The summed E-state index contributed by atoms with van der Waals surface area (Å²) in [4.78, 5) is 12.5. The fraction of sp³-hybridized carbons (Fsp3) is 0.214. The summed E-state index contributed by atoms with van der Waals surface area (Å²) in [6.45, 7) is 4.77. The third-order valence-electron chi connectivity index (χ3n) is 5.68. The van der Waals surface area contributed by atoms with Crippen LogP contribution in [-0.4, -0.2) is 15.7 Å². The molecule has 4 heteroatoms. The SMILES string of the molecule is CCc1ccc(CNC(=O)CCc2cn(-c3ccccc3)nc2-c2ccc(C)cc2)cc1. The Labute approximate surface area is 189 Å². The lowest BCUT2D eigenvalue weighted by Gasteiger charge is -2.07. The van der Waals surface area contributed by atoms with Gasteiger partial charge in [-0.2, -0.15) is 5.10 Å². The maximum absolute atomic E-state index is 12.5. The zero-order valence-electron chi connectivity index (χ0n) is 18.7. The van der Waals surface area contributed by atoms with Gasteiger partial charge in [0.1, 0.15) is 0 Å². The first-order chi connectivity index (χ1) is 15.6. The van der Waals surface area contributed by atoms with Crippen molar-refractivity contribution in [3.05, 3.63) is 107 Å². The lowest BCUT2D eigenvalue weighted by molar-refractivity contribution is -0.121. The van der Waals surface area contributed by atoms with Gasteiger partial charge < -0.3 is 5.32 Å². The first-order valence-corrected chi connectivity index (χ1v) is 11.2. The van der Waals surface area contributed by atoms with Crippen LogP contribution in [0, 0.1) is 6.92 Å². The highest BCUT2D eigenvalue weighted by Gasteiger charge is 2.14. The van der Waals surface area contributed by atoms with E-state index < -0.39 is 0 Å². The molecule has 1 aromatic heterocycles.